The second-order valence-corrected chi connectivity index (χ2v) is 5.57. The molecule has 21 heavy (non-hydrogen) atoms. The van der Waals surface area contributed by atoms with Crippen LogP contribution in [0.3, 0.4) is 0 Å². The summed E-state index contributed by atoms with van der Waals surface area (Å²) in [5, 5.41) is 10.2. The molecule has 0 atom stereocenters. The molecule has 2 aromatic carbocycles. The van der Waals surface area contributed by atoms with Gasteiger partial charge in [-0.3, -0.25) is 0 Å². The summed E-state index contributed by atoms with van der Waals surface area (Å²) in [7, 11) is 0. The standard InChI is InChI=1S/C18H16O3/c1-18(2)16(19)15(17(20)21-18)14-10-8-13(9-11-14)12-6-4-3-5-7-12/h3-11,19H,1-2H3. The van der Waals surface area contributed by atoms with Gasteiger partial charge in [-0.05, 0) is 30.5 Å². The Morgan fingerprint density at radius 2 is 1.38 bits per heavy atom. The Balaban J connectivity index is 1.99. The van der Waals surface area contributed by atoms with E-state index >= 15 is 0 Å². The zero-order chi connectivity index (χ0) is 15.0. The lowest BCUT2D eigenvalue weighted by Crippen LogP contribution is -2.22. The highest BCUT2D eigenvalue weighted by Gasteiger charge is 2.41. The van der Waals surface area contributed by atoms with E-state index in [1.165, 1.54) is 0 Å². The minimum atomic E-state index is -0.954. The molecule has 0 amide bonds. The zero-order valence-electron chi connectivity index (χ0n) is 12.0. The van der Waals surface area contributed by atoms with Crippen molar-refractivity contribution in [1.82, 2.24) is 0 Å². The number of carbonyl (C=O) groups excluding carboxylic acids is 1. The van der Waals surface area contributed by atoms with Gasteiger partial charge in [0.05, 0.1) is 0 Å². The van der Waals surface area contributed by atoms with Gasteiger partial charge in [0.25, 0.3) is 0 Å². The van der Waals surface area contributed by atoms with Crippen LogP contribution in [0.2, 0.25) is 0 Å². The van der Waals surface area contributed by atoms with Crippen LogP contribution < -0.4 is 0 Å². The first kappa shape index (κ1) is 13.4. The third kappa shape index (κ3) is 2.31. The molecular formula is C18H16O3. The van der Waals surface area contributed by atoms with Gasteiger partial charge in [-0.1, -0.05) is 54.6 Å². The van der Waals surface area contributed by atoms with Crippen molar-refractivity contribution < 1.29 is 14.6 Å². The van der Waals surface area contributed by atoms with Crippen LogP contribution in [0.15, 0.2) is 60.4 Å². The van der Waals surface area contributed by atoms with Crippen LogP contribution in [0.1, 0.15) is 19.4 Å². The highest BCUT2D eigenvalue weighted by atomic mass is 16.6. The highest BCUT2D eigenvalue weighted by Crippen LogP contribution is 2.36. The molecule has 0 bridgehead atoms. The average Bonchev–Trinajstić information content (AvgIpc) is 2.68. The minimum absolute atomic E-state index is 0.0139. The SMILES string of the molecule is CC1(C)OC(=O)C(c2ccc(-c3ccccc3)cc2)=C1O. The van der Waals surface area contributed by atoms with Crippen LogP contribution in [0.4, 0.5) is 0 Å². The molecular weight excluding hydrogens is 264 g/mol. The molecule has 0 aromatic heterocycles. The Kier molecular flexibility index (Phi) is 3.05. The molecule has 1 N–H and O–H groups in total. The third-order valence-electron chi connectivity index (χ3n) is 3.64. The van der Waals surface area contributed by atoms with Gasteiger partial charge in [-0.25, -0.2) is 4.79 Å². The number of aliphatic hydroxyl groups is 1. The van der Waals surface area contributed by atoms with Gasteiger partial charge in [0.15, 0.2) is 11.4 Å². The quantitative estimate of drug-likeness (QED) is 0.847. The van der Waals surface area contributed by atoms with Crippen molar-refractivity contribution in [2.24, 2.45) is 0 Å². The molecule has 1 heterocycles. The monoisotopic (exact) mass is 280 g/mol. The van der Waals surface area contributed by atoms with Crippen molar-refractivity contribution in [3.63, 3.8) is 0 Å². The van der Waals surface area contributed by atoms with Crippen LogP contribution in [-0.2, 0) is 9.53 Å². The molecule has 0 unspecified atom stereocenters. The summed E-state index contributed by atoms with van der Waals surface area (Å²) in [4.78, 5) is 11.9. The summed E-state index contributed by atoms with van der Waals surface area (Å²) in [5.41, 5.74) is 2.13. The van der Waals surface area contributed by atoms with E-state index in [1.54, 1.807) is 13.8 Å². The normalized spacial score (nSPS) is 17.0. The highest BCUT2D eigenvalue weighted by molar-refractivity contribution is 6.19. The topological polar surface area (TPSA) is 46.5 Å². The van der Waals surface area contributed by atoms with E-state index in [1.807, 2.05) is 54.6 Å². The number of aliphatic hydroxyl groups excluding tert-OH is 1. The fourth-order valence-corrected chi connectivity index (χ4v) is 2.44. The number of hydrogen-bond acceptors (Lipinski definition) is 3. The first-order valence-electron chi connectivity index (χ1n) is 6.82. The van der Waals surface area contributed by atoms with E-state index in [4.69, 9.17) is 4.74 Å². The van der Waals surface area contributed by atoms with Crippen LogP contribution >= 0.6 is 0 Å². The molecule has 1 aliphatic heterocycles. The maximum atomic E-state index is 11.9. The van der Waals surface area contributed by atoms with E-state index in [-0.39, 0.29) is 11.3 Å². The maximum absolute atomic E-state index is 11.9. The molecule has 0 fully saturated rings. The van der Waals surface area contributed by atoms with Crippen molar-refractivity contribution in [2.75, 3.05) is 0 Å². The number of cyclic esters (lactones) is 1. The van der Waals surface area contributed by atoms with Crippen LogP contribution in [0.5, 0.6) is 0 Å². The number of ether oxygens (including phenoxy) is 1. The van der Waals surface area contributed by atoms with Gasteiger partial charge < -0.3 is 9.84 Å². The molecule has 3 heteroatoms. The van der Waals surface area contributed by atoms with Crippen molar-refractivity contribution in [3.8, 4) is 11.1 Å². The summed E-state index contributed by atoms with van der Waals surface area (Å²) < 4.78 is 5.18. The van der Waals surface area contributed by atoms with Crippen molar-refractivity contribution in [1.29, 1.82) is 0 Å². The van der Waals surface area contributed by atoms with E-state index in [0.717, 1.165) is 11.1 Å². The van der Waals surface area contributed by atoms with Gasteiger partial charge >= 0.3 is 5.97 Å². The summed E-state index contributed by atoms with van der Waals surface area (Å²) >= 11 is 0. The summed E-state index contributed by atoms with van der Waals surface area (Å²) in [6.45, 7) is 3.34. The zero-order valence-corrected chi connectivity index (χ0v) is 12.0. The van der Waals surface area contributed by atoms with E-state index in [9.17, 15) is 9.90 Å². The van der Waals surface area contributed by atoms with Crippen molar-refractivity contribution >= 4 is 11.5 Å². The fraction of sp³-hybridized carbons (Fsp3) is 0.167. The van der Waals surface area contributed by atoms with Crippen molar-refractivity contribution in [3.05, 3.63) is 65.9 Å². The van der Waals surface area contributed by atoms with Gasteiger partial charge in [0.1, 0.15) is 5.57 Å². The molecule has 0 spiro atoms. The molecule has 3 rings (SSSR count). The predicted molar refractivity (Wildman–Crippen MR) is 81.6 cm³/mol. The summed E-state index contributed by atoms with van der Waals surface area (Å²) in [5.74, 6) is -0.495. The van der Waals surface area contributed by atoms with E-state index < -0.39 is 11.6 Å². The molecule has 1 aliphatic rings. The van der Waals surface area contributed by atoms with Gasteiger partial charge in [-0.2, -0.15) is 0 Å². The number of hydrogen-bond donors (Lipinski definition) is 1. The van der Waals surface area contributed by atoms with Crippen LogP contribution in [0, 0.1) is 0 Å². The predicted octanol–water partition coefficient (Wildman–Crippen LogP) is 3.96. The number of esters is 1. The number of carbonyl (C=O) groups is 1. The molecule has 0 saturated carbocycles. The molecule has 3 nitrogen and oxygen atoms in total. The molecule has 0 radical (unpaired) electrons. The van der Waals surface area contributed by atoms with E-state index in [2.05, 4.69) is 0 Å². The number of rotatable bonds is 2. The maximum Gasteiger partial charge on any atom is 0.343 e. The lowest BCUT2D eigenvalue weighted by molar-refractivity contribution is -0.143. The largest absolute Gasteiger partial charge is 0.507 e. The fourth-order valence-electron chi connectivity index (χ4n) is 2.44. The first-order chi connectivity index (χ1) is 9.99. The number of benzene rings is 2. The second kappa shape index (κ2) is 4.77. The minimum Gasteiger partial charge on any atom is -0.507 e. The Labute approximate surface area is 123 Å². The average molecular weight is 280 g/mol. The van der Waals surface area contributed by atoms with Gasteiger partial charge in [-0.15, -0.1) is 0 Å². The molecule has 0 aliphatic carbocycles. The lowest BCUT2D eigenvalue weighted by Gasteiger charge is -2.16. The Bertz CT molecular complexity index is 710. The molecule has 2 aromatic rings. The van der Waals surface area contributed by atoms with Gasteiger partial charge in [0.2, 0.25) is 0 Å². The smallest absolute Gasteiger partial charge is 0.343 e. The van der Waals surface area contributed by atoms with Crippen molar-refractivity contribution in [2.45, 2.75) is 19.4 Å². The van der Waals surface area contributed by atoms with E-state index in [0.29, 0.717) is 5.56 Å². The summed E-state index contributed by atoms with van der Waals surface area (Å²) in [6.07, 6.45) is 0. The van der Waals surface area contributed by atoms with Crippen LogP contribution in [0.25, 0.3) is 16.7 Å². The Morgan fingerprint density at radius 1 is 0.857 bits per heavy atom. The first-order valence-corrected chi connectivity index (χ1v) is 6.82. The van der Waals surface area contributed by atoms with Gasteiger partial charge in [0, 0.05) is 0 Å². The molecule has 0 saturated heterocycles. The van der Waals surface area contributed by atoms with Crippen LogP contribution in [-0.4, -0.2) is 16.7 Å². The third-order valence-corrected chi connectivity index (χ3v) is 3.64. The summed E-state index contributed by atoms with van der Waals surface area (Å²) in [6, 6.07) is 17.5. The Morgan fingerprint density at radius 3 is 1.90 bits per heavy atom. The molecule has 106 valence electrons. The Hall–Kier alpha value is -2.55. The second-order valence-electron chi connectivity index (χ2n) is 5.57. The lowest BCUT2D eigenvalue weighted by atomic mass is 9.97.